The molecule has 0 aromatic carbocycles. The first kappa shape index (κ1) is 17.2. The molecule has 0 rings (SSSR count). The quantitative estimate of drug-likeness (QED) is 0.227. The van der Waals surface area contributed by atoms with E-state index in [1.165, 1.54) is 0 Å². The lowest BCUT2D eigenvalue weighted by Gasteiger charge is -2.31. The summed E-state index contributed by atoms with van der Waals surface area (Å²) < 4.78 is 0. The van der Waals surface area contributed by atoms with Gasteiger partial charge in [0.05, 0.1) is 0 Å². The van der Waals surface area contributed by atoms with Crippen LogP contribution in [0.1, 0.15) is 40.5 Å². The number of carbonyl (C=O) groups is 2. The summed E-state index contributed by atoms with van der Waals surface area (Å²) in [6, 6.07) is -0.781. The lowest BCUT2D eigenvalue weighted by atomic mass is 9.79. The molecule has 0 aromatic heterocycles. The number of hydrogen-bond acceptors (Lipinski definition) is 4. The molecule has 0 saturated heterocycles. The Bertz CT molecular complexity index is 362. The van der Waals surface area contributed by atoms with Gasteiger partial charge in [-0.25, -0.2) is 0 Å². The van der Waals surface area contributed by atoms with Gasteiger partial charge in [0.2, 0.25) is 11.8 Å². The van der Waals surface area contributed by atoms with Crippen molar-refractivity contribution in [3.05, 3.63) is 0 Å². The van der Waals surface area contributed by atoms with Gasteiger partial charge in [0.1, 0.15) is 11.5 Å². The van der Waals surface area contributed by atoms with Crippen LogP contribution in [0.2, 0.25) is 0 Å². The normalized spacial score (nSPS) is 14.3. The zero-order chi connectivity index (χ0) is 15.2. The van der Waals surface area contributed by atoms with Crippen molar-refractivity contribution in [1.82, 2.24) is 5.32 Å². The van der Waals surface area contributed by atoms with E-state index in [1.54, 1.807) is 27.7 Å². The smallest absolute Gasteiger partial charge is 0.240 e. The minimum Gasteiger partial charge on any atom is -0.409 e. The average molecular weight is 272 g/mol. The molecule has 1 unspecified atom stereocenters. The highest BCUT2D eigenvalue weighted by Gasteiger charge is 2.41. The fourth-order valence-electron chi connectivity index (χ4n) is 1.99. The van der Waals surface area contributed by atoms with E-state index in [-0.39, 0.29) is 11.8 Å². The van der Waals surface area contributed by atoms with E-state index >= 15 is 0 Å². The molecule has 0 aliphatic carbocycles. The summed E-state index contributed by atoms with van der Waals surface area (Å²) in [7, 11) is 0. The molecule has 110 valence electrons. The zero-order valence-electron chi connectivity index (χ0n) is 11.9. The Morgan fingerprint density at radius 3 is 2.00 bits per heavy atom. The van der Waals surface area contributed by atoms with Gasteiger partial charge in [-0.3, -0.25) is 9.59 Å². The van der Waals surface area contributed by atoms with Gasteiger partial charge < -0.3 is 22.0 Å². The van der Waals surface area contributed by atoms with Crippen LogP contribution in [0.5, 0.6) is 0 Å². The Labute approximate surface area is 113 Å². The standard InChI is InChI=1S/C12H24N4O3/c1-5-12(6-2,10(14)16-19)11(18)15-8(7(3)4)9(13)17/h7-8,19H,5-6H2,1-4H3,(H2,13,17)(H2,14,16)(H,15,18). The minimum atomic E-state index is -1.13. The van der Waals surface area contributed by atoms with Gasteiger partial charge in [-0.05, 0) is 18.8 Å². The van der Waals surface area contributed by atoms with Crippen LogP contribution in [-0.2, 0) is 9.59 Å². The molecule has 0 aliphatic heterocycles. The third kappa shape index (κ3) is 3.59. The fraction of sp³-hybridized carbons (Fsp3) is 0.750. The molecule has 0 bridgehead atoms. The number of oxime groups is 1. The number of rotatable bonds is 7. The molecular weight excluding hydrogens is 248 g/mol. The molecule has 0 aromatic rings. The van der Waals surface area contributed by atoms with Crippen LogP contribution in [0.3, 0.4) is 0 Å². The summed E-state index contributed by atoms with van der Waals surface area (Å²) in [5.41, 5.74) is 9.75. The van der Waals surface area contributed by atoms with Crippen LogP contribution in [0.15, 0.2) is 5.16 Å². The number of nitrogens with one attached hydrogen (secondary N) is 1. The van der Waals surface area contributed by atoms with Gasteiger partial charge in [0, 0.05) is 0 Å². The van der Waals surface area contributed by atoms with Crippen molar-refractivity contribution >= 4 is 17.6 Å². The van der Waals surface area contributed by atoms with Crippen molar-refractivity contribution < 1.29 is 14.8 Å². The second kappa shape index (κ2) is 6.96. The lowest BCUT2D eigenvalue weighted by Crippen LogP contribution is -2.56. The molecule has 7 nitrogen and oxygen atoms in total. The zero-order valence-corrected chi connectivity index (χ0v) is 11.9. The third-order valence-electron chi connectivity index (χ3n) is 3.50. The van der Waals surface area contributed by atoms with E-state index in [2.05, 4.69) is 10.5 Å². The van der Waals surface area contributed by atoms with Gasteiger partial charge in [-0.1, -0.05) is 32.9 Å². The number of primary amides is 1. The minimum absolute atomic E-state index is 0.139. The molecule has 0 saturated carbocycles. The molecule has 0 aliphatic rings. The molecule has 0 fully saturated rings. The molecule has 0 radical (unpaired) electrons. The summed E-state index contributed by atoms with van der Waals surface area (Å²) in [5, 5.41) is 14.4. The van der Waals surface area contributed by atoms with Gasteiger partial charge in [-0.2, -0.15) is 0 Å². The molecule has 7 heteroatoms. The highest BCUT2D eigenvalue weighted by atomic mass is 16.4. The van der Waals surface area contributed by atoms with Crippen molar-refractivity contribution in [2.24, 2.45) is 28.0 Å². The van der Waals surface area contributed by atoms with E-state index in [0.29, 0.717) is 12.8 Å². The Kier molecular flexibility index (Phi) is 6.31. The number of nitrogens with zero attached hydrogens (tertiary/aromatic N) is 1. The predicted octanol–water partition coefficient (Wildman–Crippen LogP) is 0.165. The molecule has 1 atom stereocenters. The summed E-state index contributed by atoms with van der Waals surface area (Å²) >= 11 is 0. The summed E-state index contributed by atoms with van der Waals surface area (Å²) in [6.45, 7) is 7.07. The Hall–Kier alpha value is -1.79. The molecular formula is C12H24N4O3. The molecule has 2 amide bonds. The number of nitrogens with two attached hydrogens (primary N) is 2. The van der Waals surface area contributed by atoms with Crippen molar-refractivity contribution in [2.75, 3.05) is 0 Å². The summed E-state index contributed by atoms with van der Waals surface area (Å²) in [4.78, 5) is 23.7. The van der Waals surface area contributed by atoms with Crippen LogP contribution >= 0.6 is 0 Å². The maximum atomic E-state index is 12.4. The second-order valence-electron chi connectivity index (χ2n) is 4.87. The van der Waals surface area contributed by atoms with Crippen molar-refractivity contribution in [2.45, 2.75) is 46.6 Å². The number of amides is 2. The third-order valence-corrected chi connectivity index (χ3v) is 3.50. The topological polar surface area (TPSA) is 131 Å². The van der Waals surface area contributed by atoms with Crippen LogP contribution in [-0.4, -0.2) is 28.9 Å². The van der Waals surface area contributed by atoms with Gasteiger partial charge in [0.15, 0.2) is 5.84 Å². The Morgan fingerprint density at radius 1 is 1.26 bits per heavy atom. The highest BCUT2D eigenvalue weighted by molar-refractivity contribution is 6.07. The average Bonchev–Trinajstić information content (AvgIpc) is 2.36. The molecule has 6 N–H and O–H groups in total. The molecule has 0 spiro atoms. The first-order chi connectivity index (χ1) is 8.76. The number of carbonyl (C=O) groups excluding carboxylic acids is 2. The Balaban J connectivity index is 5.29. The van der Waals surface area contributed by atoms with Crippen molar-refractivity contribution in [3.63, 3.8) is 0 Å². The predicted molar refractivity (Wildman–Crippen MR) is 72.4 cm³/mol. The first-order valence-corrected chi connectivity index (χ1v) is 6.35. The van der Waals surface area contributed by atoms with Gasteiger partial charge >= 0.3 is 0 Å². The van der Waals surface area contributed by atoms with Gasteiger partial charge in [0.25, 0.3) is 0 Å². The van der Waals surface area contributed by atoms with E-state index in [0.717, 1.165) is 0 Å². The van der Waals surface area contributed by atoms with E-state index < -0.39 is 23.3 Å². The van der Waals surface area contributed by atoms with Crippen LogP contribution in [0.25, 0.3) is 0 Å². The lowest BCUT2D eigenvalue weighted by molar-refractivity contribution is -0.133. The SMILES string of the molecule is CCC(CC)(C(=O)NC(C(N)=O)C(C)C)C(N)=NO. The fourth-order valence-corrected chi connectivity index (χ4v) is 1.99. The summed E-state index contributed by atoms with van der Waals surface area (Å²) in [6.07, 6.45) is 0.712. The second-order valence-corrected chi connectivity index (χ2v) is 4.87. The summed E-state index contributed by atoms with van der Waals surface area (Å²) in [5.74, 6) is -1.36. The van der Waals surface area contributed by atoms with Crippen molar-refractivity contribution in [1.29, 1.82) is 0 Å². The highest BCUT2D eigenvalue weighted by Crippen LogP contribution is 2.27. The van der Waals surface area contributed by atoms with E-state index in [4.69, 9.17) is 16.7 Å². The molecule has 0 heterocycles. The van der Waals surface area contributed by atoms with Gasteiger partial charge in [-0.15, -0.1) is 0 Å². The molecule has 19 heavy (non-hydrogen) atoms. The van der Waals surface area contributed by atoms with Crippen molar-refractivity contribution in [3.8, 4) is 0 Å². The largest absolute Gasteiger partial charge is 0.409 e. The van der Waals surface area contributed by atoms with Crippen LogP contribution in [0, 0.1) is 11.3 Å². The Morgan fingerprint density at radius 2 is 1.74 bits per heavy atom. The van der Waals surface area contributed by atoms with E-state index in [9.17, 15) is 9.59 Å². The van der Waals surface area contributed by atoms with Crippen LogP contribution in [0.4, 0.5) is 0 Å². The van der Waals surface area contributed by atoms with Crippen LogP contribution < -0.4 is 16.8 Å². The maximum Gasteiger partial charge on any atom is 0.240 e. The number of amidine groups is 1. The monoisotopic (exact) mass is 272 g/mol. The maximum absolute atomic E-state index is 12.4. The number of hydrogen-bond donors (Lipinski definition) is 4. The van der Waals surface area contributed by atoms with E-state index in [1.807, 2.05) is 0 Å². The first-order valence-electron chi connectivity index (χ1n) is 6.35.